The molecule has 5 nitrogen and oxygen atoms in total. The first-order valence-corrected chi connectivity index (χ1v) is 14.0. The van der Waals surface area contributed by atoms with Crippen molar-refractivity contribution < 1.29 is 19.4 Å². The van der Waals surface area contributed by atoms with E-state index < -0.39 is 5.97 Å². The summed E-state index contributed by atoms with van der Waals surface area (Å²) >= 11 is 0. The van der Waals surface area contributed by atoms with Gasteiger partial charge in [0.15, 0.2) is 0 Å². The van der Waals surface area contributed by atoms with E-state index >= 15 is 0 Å². The predicted octanol–water partition coefficient (Wildman–Crippen LogP) is 6.67. The standard InChI is InChI=1S/C32H41NO4/c1-2-3-4-11-16-29(34)33-31-27(15-10-5-6-12-17-30(35)36)32(22-28(31)37-23-32)26-20-18-25(19-21-26)24-13-8-7-9-14-24/h5,7-10,13-14,18-21,27-28,31H,2-4,6,11-12,15-17,22-23H2,1H3,(H,33,34)(H,35,36)/t27-,28-,31-,32-/m0/s1. The number of allylic oxidation sites excluding steroid dienone is 2. The molecule has 4 atom stereocenters. The van der Waals surface area contributed by atoms with E-state index in [9.17, 15) is 9.59 Å². The molecule has 2 N–H and O–H groups in total. The van der Waals surface area contributed by atoms with Gasteiger partial charge in [-0.05, 0) is 54.7 Å². The Morgan fingerprint density at radius 2 is 1.73 bits per heavy atom. The second-order valence-corrected chi connectivity index (χ2v) is 10.7. The molecule has 2 aromatic rings. The Bertz CT molecular complexity index is 1050. The number of hydrogen-bond acceptors (Lipinski definition) is 3. The number of aliphatic carboxylic acids is 1. The highest BCUT2D eigenvalue weighted by Gasteiger charge is 2.59. The van der Waals surface area contributed by atoms with E-state index in [-0.39, 0.29) is 35.8 Å². The number of unbranched alkanes of at least 4 members (excludes halogenated alkanes) is 4. The molecule has 1 saturated carbocycles. The van der Waals surface area contributed by atoms with Gasteiger partial charge in [-0.25, -0.2) is 0 Å². The fourth-order valence-electron chi connectivity index (χ4n) is 6.13. The monoisotopic (exact) mass is 503 g/mol. The first-order chi connectivity index (χ1) is 18.0. The molecule has 0 aromatic heterocycles. The molecule has 0 radical (unpaired) electrons. The van der Waals surface area contributed by atoms with Gasteiger partial charge in [-0.1, -0.05) is 92.9 Å². The van der Waals surface area contributed by atoms with Crippen molar-refractivity contribution in [3.05, 3.63) is 72.3 Å². The van der Waals surface area contributed by atoms with Crippen molar-refractivity contribution in [3.63, 3.8) is 0 Å². The zero-order valence-electron chi connectivity index (χ0n) is 22.0. The second kappa shape index (κ2) is 13.0. The zero-order chi connectivity index (χ0) is 26.1. The minimum Gasteiger partial charge on any atom is -0.481 e. The number of fused-ring (bicyclic) bond motifs is 2. The van der Waals surface area contributed by atoms with Crippen LogP contribution in [0, 0.1) is 5.92 Å². The van der Waals surface area contributed by atoms with E-state index in [4.69, 9.17) is 9.84 Å². The van der Waals surface area contributed by atoms with Crippen LogP contribution in [0.15, 0.2) is 66.7 Å². The summed E-state index contributed by atoms with van der Waals surface area (Å²) in [5.41, 5.74) is 3.54. The van der Waals surface area contributed by atoms with Crippen LogP contribution in [0.1, 0.15) is 76.7 Å². The van der Waals surface area contributed by atoms with E-state index in [2.05, 4.69) is 72.9 Å². The van der Waals surface area contributed by atoms with E-state index in [0.717, 1.165) is 38.5 Å². The molecule has 2 fully saturated rings. The summed E-state index contributed by atoms with van der Waals surface area (Å²) in [4.78, 5) is 23.7. The van der Waals surface area contributed by atoms with Crippen molar-refractivity contribution in [1.82, 2.24) is 5.32 Å². The fourth-order valence-corrected chi connectivity index (χ4v) is 6.13. The first-order valence-electron chi connectivity index (χ1n) is 14.0. The van der Waals surface area contributed by atoms with Gasteiger partial charge < -0.3 is 15.2 Å². The minimum absolute atomic E-state index is 0.00936. The number of nitrogens with one attached hydrogen (secondary N) is 1. The van der Waals surface area contributed by atoms with Crippen molar-refractivity contribution in [2.75, 3.05) is 6.61 Å². The maximum atomic E-state index is 12.9. The Morgan fingerprint density at radius 1 is 0.973 bits per heavy atom. The van der Waals surface area contributed by atoms with Gasteiger partial charge in [-0.15, -0.1) is 0 Å². The number of hydrogen-bond donors (Lipinski definition) is 2. The summed E-state index contributed by atoms with van der Waals surface area (Å²) in [5, 5.41) is 12.3. The highest BCUT2D eigenvalue weighted by Crippen LogP contribution is 2.53. The summed E-state index contributed by atoms with van der Waals surface area (Å²) in [6.07, 6.45) is 12.6. The Hall–Kier alpha value is -2.92. The van der Waals surface area contributed by atoms with Crippen molar-refractivity contribution >= 4 is 11.9 Å². The maximum absolute atomic E-state index is 12.9. The van der Waals surface area contributed by atoms with Gasteiger partial charge >= 0.3 is 5.97 Å². The molecule has 0 spiro atoms. The SMILES string of the molecule is CCCCCCC(=O)N[C@@H]1[C@@H]2C[C@@](c3ccc(-c4ccccc4)cc3)(CO2)[C@H]1CC=CCCCC(=O)O. The Balaban J connectivity index is 1.50. The number of ether oxygens (including phenoxy) is 1. The van der Waals surface area contributed by atoms with Crippen molar-refractivity contribution in [3.8, 4) is 11.1 Å². The van der Waals surface area contributed by atoms with Crippen LogP contribution in [0.3, 0.4) is 0 Å². The normalized spacial score (nSPS) is 24.5. The largest absolute Gasteiger partial charge is 0.481 e. The van der Waals surface area contributed by atoms with Gasteiger partial charge in [0.25, 0.3) is 0 Å². The lowest BCUT2D eigenvalue weighted by Gasteiger charge is -2.39. The molecule has 1 heterocycles. The molecule has 37 heavy (non-hydrogen) atoms. The summed E-state index contributed by atoms with van der Waals surface area (Å²) in [5.74, 6) is -0.385. The smallest absolute Gasteiger partial charge is 0.303 e. The third-order valence-electron chi connectivity index (χ3n) is 8.13. The number of carbonyl (C=O) groups excluding carboxylic acids is 1. The topological polar surface area (TPSA) is 75.6 Å². The summed E-state index contributed by atoms with van der Waals surface area (Å²) in [6, 6.07) is 19.3. The molecule has 198 valence electrons. The minimum atomic E-state index is -0.752. The highest BCUT2D eigenvalue weighted by atomic mass is 16.5. The van der Waals surface area contributed by atoms with Gasteiger partial charge in [0.05, 0.1) is 18.8 Å². The van der Waals surface area contributed by atoms with Crippen LogP contribution in [0.5, 0.6) is 0 Å². The number of carboxylic acid groups (broad SMARTS) is 1. The molecule has 4 rings (SSSR count). The molecular formula is C32H41NO4. The van der Waals surface area contributed by atoms with Crippen LogP contribution >= 0.6 is 0 Å². The summed E-state index contributed by atoms with van der Waals surface area (Å²) < 4.78 is 6.28. The highest BCUT2D eigenvalue weighted by molar-refractivity contribution is 5.76. The van der Waals surface area contributed by atoms with E-state index in [1.807, 2.05) is 6.07 Å². The number of carboxylic acids is 1. The van der Waals surface area contributed by atoms with Crippen LogP contribution in [0.25, 0.3) is 11.1 Å². The van der Waals surface area contributed by atoms with E-state index in [1.54, 1.807) is 0 Å². The molecule has 1 amide bonds. The van der Waals surface area contributed by atoms with Crippen LogP contribution in [0.4, 0.5) is 0 Å². The van der Waals surface area contributed by atoms with Gasteiger partial charge in [-0.3, -0.25) is 9.59 Å². The van der Waals surface area contributed by atoms with Crippen molar-refractivity contribution in [2.45, 2.75) is 88.7 Å². The molecule has 1 saturated heterocycles. The maximum Gasteiger partial charge on any atom is 0.303 e. The average Bonchev–Trinajstić information content (AvgIpc) is 3.48. The fraction of sp³-hybridized carbons (Fsp3) is 0.500. The van der Waals surface area contributed by atoms with Gasteiger partial charge in [0.1, 0.15) is 0 Å². The number of carbonyl (C=O) groups is 2. The molecule has 5 heteroatoms. The summed E-state index contributed by atoms with van der Waals surface area (Å²) in [6.45, 7) is 2.85. The van der Waals surface area contributed by atoms with Gasteiger partial charge in [0, 0.05) is 18.3 Å². The van der Waals surface area contributed by atoms with Gasteiger partial charge in [0.2, 0.25) is 5.91 Å². The predicted molar refractivity (Wildman–Crippen MR) is 147 cm³/mol. The van der Waals surface area contributed by atoms with Gasteiger partial charge in [-0.2, -0.15) is 0 Å². The Morgan fingerprint density at radius 3 is 2.46 bits per heavy atom. The van der Waals surface area contributed by atoms with Crippen molar-refractivity contribution in [2.24, 2.45) is 5.92 Å². The molecule has 0 unspecified atom stereocenters. The molecular weight excluding hydrogens is 462 g/mol. The molecule has 2 bridgehead atoms. The molecule has 2 aromatic carbocycles. The number of benzene rings is 2. The lowest BCUT2D eigenvalue weighted by Crippen LogP contribution is -2.51. The zero-order valence-corrected chi connectivity index (χ0v) is 22.0. The summed E-state index contributed by atoms with van der Waals surface area (Å²) in [7, 11) is 0. The molecule has 2 aliphatic rings. The Labute approximate surface area is 221 Å². The molecule has 1 aliphatic heterocycles. The van der Waals surface area contributed by atoms with E-state index in [0.29, 0.717) is 19.4 Å². The lowest BCUT2D eigenvalue weighted by molar-refractivity contribution is -0.137. The van der Waals surface area contributed by atoms with Crippen LogP contribution < -0.4 is 5.32 Å². The third-order valence-corrected chi connectivity index (χ3v) is 8.13. The van der Waals surface area contributed by atoms with Crippen molar-refractivity contribution in [1.29, 1.82) is 0 Å². The Kier molecular flexibility index (Phi) is 9.56. The first kappa shape index (κ1) is 27.1. The van der Waals surface area contributed by atoms with E-state index in [1.165, 1.54) is 23.1 Å². The third kappa shape index (κ3) is 6.70. The quantitative estimate of drug-likeness (QED) is 0.223. The number of amides is 1. The van der Waals surface area contributed by atoms with Crippen LogP contribution in [-0.2, 0) is 19.7 Å². The lowest BCUT2D eigenvalue weighted by atomic mass is 9.70. The van der Waals surface area contributed by atoms with Crippen LogP contribution in [-0.4, -0.2) is 35.7 Å². The molecule has 1 aliphatic carbocycles. The van der Waals surface area contributed by atoms with Crippen LogP contribution in [0.2, 0.25) is 0 Å². The average molecular weight is 504 g/mol. The second-order valence-electron chi connectivity index (χ2n) is 10.7. The number of rotatable bonds is 14.